The van der Waals surface area contributed by atoms with Crippen molar-refractivity contribution in [1.29, 1.82) is 0 Å². The summed E-state index contributed by atoms with van der Waals surface area (Å²) in [6.07, 6.45) is 1.000. The molecule has 0 saturated carbocycles. The van der Waals surface area contributed by atoms with Crippen molar-refractivity contribution < 1.29 is 30.6 Å². The molecule has 0 bridgehead atoms. The van der Waals surface area contributed by atoms with E-state index in [9.17, 15) is 30.6 Å². The Hall–Kier alpha value is -2.76. The third-order valence-corrected chi connectivity index (χ3v) is 6.41. The smallest absolute Gasteiger partial charge is 0.200 e. The van der Waals surface area contributed by atoms with Crippen LogP contribution in [-0.2, 0) is 16.2 Å². The SMILES string of the molecule is CC1(C)CC2(CC(C)(C)c3cc(O)c(O)c(O)c32)c2c1cc(O)c(O)c2O. The highest BCUT2D eigenvalue weighted by molar-refractivity contribution is 5.73. The predicted molar refractivity (Wildman–Crippen MR) is 98.9 cm³/mol. The van der Waals surface area contributed by atoms with Crippen LogP contribution >= 0.6 is 0 Å². The lowest BCUT2D eigenvalue weighted by Gasteiger charge is -2.31. The molecule has 0 radical (unpaired) electrons. The Morgan fingerprint density at radius 3 is 1.26 bits per heavy atom. The van der Waals surface area contributed by atoms with Crippen molar-refractivity contribution in [3.05, 3.63) is 34.4 Å². The van der Waals surface area contributed by atoms with Gasteiger partial charge in [-0.2, -0.15) is 0 Å². The molecule has 1 spiro atoms. The summed E-state index contributed by atoms with van der Waals surface area (Å²) in [5.41, 5.74) is 0.481. The average molecular weight is 372 g/mol. The van der Waals surface area contributed by atoms with Crippen molar-refractivity contribution in [3.8, 4) is 34.5 Å². The van der Waals surface area contributed by atoms with Gasteiger partial charge in [-0.15, -0.1) is 0 Å². The number of aromatic hydroxyl groups is 6. The lowest BCUT2D eigenvalue weighted by atomic mass is 9.72. The van der Waals surface area contributed by atoms with E-state index in [1.807, 2.05) is 27.7 Å². The normalized spacial score (nSPS) is 20.6. The monoisotopic (exact) mass is 372 g/mol. The first kappa shape index (κ1) is 17.6. The Kier molecular flexibility index (Phi) is 3.10. The van der Waals surface area contributed by atoms with Crippen LogP contribution in [0.3, 0.4) is 0 Å². The minimum absolute atomic E-state index is 0.397. The standard InChI is InChI=1S/C21H24O6/c1-19(2)7-21(13-9(19)5-11(22)15(24)17(13)26)8-20(3,4)10-6-12(23)16(25)18(27)14(10)21/h5-6,22-27H,7-8H2,1-4H3. The number of phenols is 6. The van der Waals surface area contributed by atoms with Gasteiger partial charge in [0.25, 0.3) is 0 Å². The maximum Gasteiger partial charge on any atom is 0.200 e. The molecule has 0 amide bonds. The van der Waals surface area contributed by atoms with E-state index in [0.717, 1.165) is 0 Å². The summed E-state index contributed by atoms with van der Waals surface area (Å²) in [5.74, 6) is -2.81. The molecular formula is C21H24O6. The zero-order chi connectivity index (χ0) is 20.1. The van der Waals surface area contributed by atoms with Crippen LogP contribution in [0.2, 0.25) is 0 Å². The largest absolute Gasteiger partial charge is 0.504 e. The summed E-state index contributed by atoms with van der Waals surface area (Å²) in [6, 6.07) is 2.92. The molecule has 0 aliphatic heterocycles. The Morgan fingerprint density at radius 1 is 0.593 bits per heavy atom. The Balaban J connectivity index is 2.16. The van der Waals surface area contributed by atoms with Crippen LogP contribution in [0.5, 0.6) is 34.5 Å². The first-order valence-electron chi connectivity index (χ1n) is 8.91. The lowest BCUT2D eigenvalue weighted by Crippen LogP contribution is -2.27. The molecule has 6 heteroatoms. The number of hydrogen-bond donors (Lipinski definition) is 6. The number of hydrogen-bond acceptors (Lipinski definition) is 6. The minimum Gasteiger partial charge on any atom is -0.504 e. The highest BCUT2D eigenvalue weighted by Crippen LogP contribution is 2.69. The van der Waals surface area contributed by atoms with Crippen molar-refractivity contribution in [1.82, 2.24) is 0 Å². The average Bonchev–Trinajstić information content (AvgIpc) is 2.89. The summed E-state index contributed by atoms with van der Waals surface area (Å²) >= 11 is 0. The fourth-order valence-electron chi connectivity index (χ4n) is 5.57. The molecule has 2 aliphatic rings. The summed E-state index contributed by atoms with van der Waals surface area (Å²) in [7, 11) is 0. The van der Waals surface area contributed by atoms with Crippen LogP contribution < -0.4 is 0 Å². The van der Waals surface area contributed by atoms with E-state index in [1.165, 1.54) is 12.1 Å². The van der Waals surface area contributed by atoms with Crippen LogP contribution in [0, 0.1) is 0 Å². The summed E-state index contributed by atoms with van der Waals surface area (Å²) in [5, 5.41) is 61.9. The first-order valence-corrected chi connectivity index (χ1v) is 8.91. The number of benzene rings is 2. The van der Waals surface area contributed by atoms with Gasteiger partial charge in [0.2, 0.25) is 11.5 Å². The van der Waals surface area contributed by atoms with E-state index in [0.29, 0.717) is 35.1 Å². The fraction of sp³-hybridized carbons (Fsp3) is 0.429. The molecular weight excluding hydrogens is 348 g/mol. The Morgan fingerprint density at radius 2 is 0.926 bits per heavy atom. The Bertz CT molecular complexity index is 921. The zero-order valence-electron chi connectivity index (χ0n) is 15.8. The topological polar surface area (TPSA) is 121 Å². The molecule has 144 valence electrons. The van der Waals surface area contributed by atoms with Crippen molar-refractivity contribution in [2.75, 3.05) is 0 Å². The molecule has 0 unspecified atom stereocenters. The van der Waals surface area contributed by atoms with Crippen LogP contribution in [0.25, 0.3) is 0 Å². The predicted octanol–water partition coefficient (Wildman–Crippen LogP) is 3.57. The van der Waals surface area contributed by atoms with Crippen molar-refractivity contribution in [2.24, 2.45) is 0 Å². The maximum absolute atomic E-state index is 10.8. The molecule has 0 saturated heterocycles. The number of phenolic OH excluding ortho intramolecular Hbond substituents is 6. The summed E-state index contributed by atoms with van der Waals surface area (Å²) in [6.45, 7) is 7.88. The van der Waals surface area contributed by atoms with Gasteiger partial charge in [0, 0.05) is 16.5 Å². The molecule has 0 aromatic heterocycles. The highest BCUT2D eigenvalue weighted by Gasteiger charge is 2.59. The van der Waals surface area contributed by atoms with Crippen molar-refractivity contribution in [3.63, 3.8) is 0 Å². The van der Waals surface area contributed by atoms with E-state index >= 15 is 0 Å². The second-order valence-corrected chi connectivity index (χ2v) is 9.23. The van der Waals surface area contributed by atoms with Gasteiger partial charge in [-0.05, 0) is 46.9 Å². The molecule has 2 aliphatic carbocycles. The second-order valence-electron chi connectivity index (χ2n) is 9.23. The van der Waals surface area contributed by atoms with Crippen LogP contribution in [0.15, 0.2) is 12.1 Å². The van der Waals surface area contributed by atoms with E-state index in [-0.39, 0.29) is 0 Å². The van der Waals surface area contributed by atoms with Gasteiger partial charge in [0.15, 0.2) is 23.0 Å². The van der Waals surface area contributed by atoms with Crippen LogP contribution in [0.1, 0.15) is 62.8 Å². The maximum atomic E-state index is 10.8. The molecule has 27 heavy (non-hydrogen) atoms. The zero-order valence-corrected chi connectivity index (χ0v) is 15.8. The third-order valence-electron chi connectivity index (χ3n) is 6.41. The van der Waals surface area contributed by atoms with Gasteiger partial charge in [-0.1, -0.05) is 27.7 Å². The van der Waals surface area contributed by atoms with E-state index in [4.69, 9.17) is 0 Å². The van der Waals surface area contributed by atoms with Crippen LogP contribution in [-0.4, -0.2) is 30.6 Å². The van der Waals surface area contributed by atoms with E-state index in [1.54, 1.807) is 0 Å². The van der Waals surface area contributed by atoms with Gasteiger partial charge >= 0.3 is 0 Å². The van der Waals surface area contributed by atoms with E-state index < -0.39 is 50.7 Å². The summed E-state index contributed by atoms with van der Waals surface area (Å²) in [4.78, 5) is 0. The van der Waals surface area contributed by atoms with Crippen molar-refractivity contribution >= 4 is 0 Å². The minimum atomic E-state index is -0.873. The van der Waals surface area contributed by atoms with Gasteiger partial charge in [0.1, 0.15) is 0 Å². The van der Waals surface area contributed by atoms with Crippen molar-refractivity contribution in [2.45, 2.75) is 56.8 Å². The molecule has 2 aromatic rings. The lowest BCUT2D eigenvalue weighted by molar-refractivity contribution is 0.325. The van der Waals surface area contributed by atoms with Gasteiger partial charge in [-0.3, -0.25) is 0 Å². The first-order chi connectivity index (χ1) is 12.3. The number of rotatable bonds is 0. The van der Waals surface area contributed by atoms with Gasteiger partial charge in [0.05, 0.1) is 0 Å². The molecule has 0 heterocycles. The molecule has 0 atom stereocenters. The van der Waals surface area contributed by atoms with Gasteiger partial charge in [-0.25, -0.2) is 0 Å². The molecule has 6 N–H and O–H groups in total. The Labute approximate surface area is 157 Å². The third kappa shape index (κ3) is 1.95. The van der Waals surface area contributed by atoms with Crippen LogP contribution in [0.4, 0.5) is 0 Å². The van der Waals surface area contributed by atoms with Gasteiger partial charge < -0.3 is 30.6 Å². The molecule has 0 fully saturated rings. The quantitative estimate of drug-likeness (QED) is 0.393. The van der Waals surface area contributed by atoms with E-state index in [2.05, 4.69) is 0 Å². The molecule has 4 rings (SSSR count). The second kappa shape index (κ2) is 4.74. The highest BCUT2D eigenvalue weighted by atomic mass is 16.3. The number of fused-ring (bicyclic) bond motifs is 4. The summed E-state index contributed by atoms with van der Waals surface area (Å²) < 4.78 is 0. The molecule has 6 nitrogen and oxygen atoms in total. The fourth-order valence-corrected chi connectivity index (χ4v) is 5.57. The molecule has 2 aromatic carbocycles.